The van der Waals surface area contributed by atoms with Gasteiger partial charge in [-0.15, -0.1) is 0 Å². The summed E-state index contributed by atoms with van der Waals surface area (Å²) in [5, 5.41) is 3.11. The van der Waals surface area contributed by atoms with E-state index >= 15 is 0 Å². The minimum absolute atomic E-state index is 0.516. The monoisotopic (exact) mass is 361 g/mol. The minimum Gasteiger partial charge on any atom is -0.490 e. The first-order chi connectivity index (χ1) is 10.3. The van der Waals surface area contributed by atoms with Gasteiger partial charge in [0.05, 0.1) is 37.5 Å². The van der Waals surface area contributed by atoms with Crippen LogP contribution in [0.5, 0.6) is 5.75 Å². The molecule has 21 heavy (non-hydrogen) atoms. The molecule has 0 aromatic heterocycles. The molecule has 0 fully saturated rings. The lowest BCUT2D eigenvalue weighted by molar-refractivity contribution is 0.0179. The van der Waals surface area contributed by atoms with Gasteiger partial charge in [0.25, 0.3) is 0 Å². The molecule has 1 rings (SSSR count). The molecule has 0 heterocycles. The summed E-state index contributed by atoms with van der Waals surface area (Å²) in [6.07, 6.45) is 0. The first-order valence-electron chi connectivity index (χ1n) is 6.98. The molecule has 1 N–H and O–H groups in total. The maximum absolute atomic E-state index is 5.66. The molecular weight excluding hydrogens is 338 g/mol. The zero-order valence-electron chi connectivity index (χ0n) is 12.7. The SMILES string of the molecule is CNCc1ccc(OCCOCCOCCOC)c(Br)c1. The lowest BCUT2D eigenvalue weighted by atomic mass is 10.2. The van der Waals surface area contributed by atoms with Crippen molar-refractivity contribution in [3.63, 3.8) is 0 Å². The number of nitrogens with one attached hydrogen (secondary N) is 1. The molecule has 0 radical (unpaired) electrons. The van der Waals surface area contributed by atoms with Crippen LogP contribution in [0.25, 0.3) is 0 Å². The van der Waals surface area contributed by atoms with Crippen LogP contribution >= 0.6 is 15.9 Å². The Hall–Kier alpha value is -0.660. The summed E-state index contributed by atoms with van der Waals surface area (Å²) in [5.74, 6) is 0.829. The second-order valence-electron chi connectivity index (χ2n) is 4.36. The minimum atomic E-state index is 0.516. The van der Waals surface area contributed by atoms with Crippen molar-refractivity contribution in [3.05, 3.63) is 28.2 Å². The standard InChI is InChI=1S/C15H24BrNO4/c1-17-12-13-3-4-15(14(16)11-13)21-10-9-20-8-7-19-6-5-18-2/h3-4,11,17H,5-10,12H2,1-2H3. The quantitative estimate of drug-likeness (QED) is 0.578. The first kappa shape index (κ1) is 18.4. The summed E-state index contributed by atoms with van der Waals surface area (Å²) in [5.41, 5.74) is 1.21. The zero-order chi connectivity index (χ0) is 15.3. The van der Waals surface area contributed by atoms with E-state index in [0.29, 0.717) is 39.6 Å². The van der Waals surface area contributed by atoms with E-state index in [4.69, 9.17) is 18.9 Å². The van der Waals surface area contributed by atoms with Gasteiger partial charge < -0.3 is 24.3 Å². The van der Waals surface area contributed by atoms with Crippen molar-refractivity contribution in [2.45, 2.75) is 6.54 Å². The van der Waals surface area contributed by atoms with Crippen LogP contribution in [0.2, 0.25) is 0 Å². The van der Waals surface area contributed by atoms with Gasteiger partial charge >= 0.3 is 0 Å². The van der Waals surface area contributed by atoms with Crippen LogP contribution in [0, 0.1) is 0 Å². The number of rotatable bonds is 12. The van der Waals surface area contributed by atoms with Crippen LogP contribution in [0.4, 0.5) is 0 Å². The van der Waals surface area contributed by atoms with Gasteiger partial charge in [0.1, 0.15) is 12.4 Å². The van der Waals surface area contributed by atoms with Crippen LogP contribution in [-0.4, -0.2) is 53.8 Å². The molecule has 0 spiro atoms. The largest absolute Gasteiger partial charge is 0.490 e. The average Bonchev–Trinajstić information content (AvgIpc) is 2.48. The third-order valence-electron chi connectivity index (χ3n) is 2.67. The highest BCUT2D eigenvalue weighted by atomic mass is 79.9. The Morgan fingerprint density at radius 2 is 1.67 bits per heavy atom. The van der Waals surface area contributed by atoms with Gasteiger partial charge in [0.2, 0.25) is 0 Å². The fourth-order valence-electron chi connectivity index (χ4n) is 1.65. The lowest BCUT2D eigenvalue weighted by Crippen LogP contribution is -2.12. The van der Waals surface area contributed by atoms with Crippen molar-refractivity contribution in [1.82, 2.24) is 5.32 Å². The summed E-state index contributed by atoms with van der Waals surface area (Å²) in [6, 6.07) is 6.06. The van der Waals surface area contributed by atoms with Gasteiger partial charge in [0.15, 0.2) is 0 Å². The fraction of sp³-hybridized carbons (Fsp3) is 0.600. The summed E-state index contributed by atoms with van der Waals surface area (Å²) >= 11 is 3.51. The molecule has 6 heteroatoms. The molecule has 1 aromatic carbocycles. The van der Waals surface area contributed by atoms with Gasteiger partial charge in [-0.25, -0.2) is 0 Å². The van der Waals surface area contributed by atoms with Crippen molar-refractivity contribution in [1.29, 1.82) is 0 Å². The highest BCUT2D eigenvalue weighted by molar-refractivity contribution is 9.10. The fourth-order valence-corrected chi connectivity index (χ4v) is 2.19. The van der Waals surface area contributed by atoms with Gasteiger partial charge in [-0.05, 0) is 40.7 Å². The van der Waals surface area contributed by atoms with Crippen molar-refractivity contribution in [2.24, 2.45) is 0 Å². The Kier molecular flexibility index (Phi) is 10.5. The van der Waals surface area contributed by atoms with E-state index in [1.807, 2.05) is 19.2 Å². The van der Waals surface area contributed by atoms with Crippen molar-refractivity contribution in [2.75, 3.05) is 53.8 Å². The third kappa shape index (κ3) is 8.38. The summed E-state index contributed by atoms with van der Waals surface area (Å²) in [7, 11) is 3.58. The van der Waals surface area contributed by atoms with Crippen molar-refractivity contribution < 1.29 is 18.9 Å². The first-order valence-corrected chi connectivity index (χ1v) is 7.77. The smallest absolute Gasteiger partial charge is 0.133 e. The highest BCUT2D eigenvalue weighted by Crippen LogP contribution is 2.25. The highest BCUT2D eigenvalue weighted by Gasteiger charge is 2.02. The maximum atomic E-state index is 5.66. The molecule has 5 nitrogen and oxygen atoms in total. The maximum Gasteiger partial charge on any atom is 0.133 e. The molecule has 0 aliphatic rings. The van der Waals surface area contributed by atoms with Gasteiger partial charge in [-0.3, -0.25) is 0 Å². The molecule has 1 aromatic rings. The molecule has 0 saturated carbocycles. The third-order valence-corrected chi connectivity index (χ3v) is 3.29. The molecule has 0 unspecified atom stereocenters. The Bertz CT molecular complexity index is 390. The molecule has 0 amide bonds. The van der Waals surface area contributed by atoms with Crippen LogP contribution in [0.15, 0.2) is 22.7 Å². The average molecular weight is 362 g/mol. The molecule has 120 valence electrons. The number of methoxy groups -OCH3 is 1. The normalized spacial score (nSPS) is 10.8. The van der Waals surface area contributed by atoms with E-state index in [-0.39, 0.29) is 0 Å². The number of halogens is 1. The van der Waals surface area contributed by atoms with E-state index in [0.717, 1.165) is 16.8 Å². The van der Waals surface area contributed by atoms with Gasteiger partial charge in [0, 0.05) is 13.7 Å². The van der Waals surface area contributed by atoms with Crippen molar-refractivity contribution in [3.8, 4) is 5.75 Å². The van der Waals surface area contributed by atoms with Crippen LogP contribution in [-0.2, 0) is 20.8 Å². The predicted molar refractivity (Wildman–Crippen MR) is 85.9 cm³/mol. The summed E-state index contributed by atoms with van der Waals surface area (Å²) in [4.78, 5) is 0. The van der Waals surface area contributed by atoms with Crippen molar-refractivity contribution >= 4 is 15.9 Å². The van der Waals surface area contributed by atoms with Crippen LogP contribution in [0.1, 0.15) is 5.56 Å². The number of ether oxygens (including phenoxy) is 4. The Balaban J connectivity index is 2.10. The second kappa shape index (κ2) is 11.9. The van der Waals surface area contributed by atoms with E-state index < -0.39 is 0 Å². The van der Waals surface area contributed by atoms with E-state index in [9.17, 15) is 0 Å². The Morgan fingerprint density at radius 1 is 1.00 bits per heavy atom. The number of benzene rings is 1. The number of hydrogen-bond acceptors (Lipinski definition) is 5. The van der Waals surface area contributed by atoms with Gasteiger partial charge in [-0.2, -0.15) is 0 Å². The van der Waals surface area contributed by atoms with Crippen LogP contribution < -0.4 is 10.1 Å². The predicted octanol–water partition coefficient (Wildman–Crippen LogP) is 2.23. The molecule has 0 aliphatic carbocycles. The summed E-state index contributed by atoms with van der Waals surface area (Å²) < 4.78 is 22.2. The zero-order valence-corrected chi connectivity index (χ0v) is 14.3. The van der Waals surface area contributed by atoms with Gasteiger partial charge in [-0.1, -0.05) is 6.07 Å². The second-order valence-corrected chi connectivity index (χ2v) is 5.22. The van der Waals surface area contributed by atoms with Crippen LogP contribution in [0.3, 0.4) is 0 Å². The molecular formula is C15H24BrNO4. The lowest BCUT2D eigenvalue weighted by Gasteiger charge is -2.10. The van der Waals surface area contributed by atoms with E-state index in [1.165, 1.54) is 5.56 Å². The molecule has 0 atom stereocenters. The molecule has 0 aliphatic heterocycles. The summed E-state index contributed by atoms with van der Waals surface area (Å²) in [6.45, 7) is 4.25. The number of hydrogen-bond donors (Lipinski definition) is 1. The Labute approximate surface area is 135 Å². The topological polar surface area (TPSA) is 49.0 Å². The van der Waals surface area contributed by atoms with E-state index in [2.05, 4.69) is 27.3 Å². The molecule has 0 bridgehead atoms. The Morgan fingerprint density at radius 3 is 2.29 bits per heavy atom. The van der Waals surface area contributed by atoms with E-state index in [1.54, 1.807) is 7.11 Å². The molecule has 0 saturated heterocycles.